The highest BCUT2D eigenvalue weighted by molar-refractivity contribution is 5.94. The molecular formula is C16H17FN2O. The van der Waals surface area contributed by atoms with Gasteiger partial charge in [0.05, 0.1) is 0 Å². The third kappa shape index (κ3) is 2.50. The standard InChI is InChI=1S/C16H17FN2O/c1-11(12-4-5-12)15(17)16(20)19-8-6-14(10-19)13-3-2-7-18-9-13/h2-3,6-7,9,12H,4-5,8,10H2,1H3. The highest BCUT2D eigenvalue weighted by Crippen LogP contribution is 2.38. The summed E-state index contributed by atoms with van der Waals surface area (Å²) in [6.45, 7) is 2.65. The normalized spacial score (nSPS) is 19.7. The van der Waals surface area contributed by atoms with Crippen molar-refractivity contribution in [2.45, 2.75) is 19.8 Å². The average molecular weight is 272 g/mol. The Morgan fingerprint density at radius 1 is 1.45 bits per heavy atom. The van der Waals surface area contributed by atoms with Crippen LogP contribution in [-0.2, 0) is 4.79 Å². The molecule has 1 aliphatic carbocycles. The Bertz CT molecular complexity index is 588. The highest BCUT2D eigenvalue weighted by atomic mass is 19.1. The van der Waals surface area contributed by atoms with Crippen molar-refractivity contribution < 1.29 is 9.18 Å². The summed E-state index contributed by atoms with van der Waals surface area (Å²) in [4.78, 5) is 17.8. The van der Waals surface area contributed by atoms with E-state index in [1.54, 1.807) is 24.2 Å². The van der Waals surface area contributed by atoms with Gasteiger partial charge in [-0.15, -0.1) is 0 Å². The van der Waals surface area contributed by atoms with E-state index in [9.17, 15) is 9.18 Å². The minimum atomic E-state index is -0.562. The molecule has 4 heteroatoms. The molecule has 104 valence electrons. The van der Waals surface area contributed by atoms with Crippen LogP contribution in [0.4, 0.5) is 4.39 Å². The SMILES string of the molecule is CC(=C(F)C(=O)N1CC=C(c2cccnc2)C1)C1CC1. The lowest BCUT2D eigenvalue weighted by Gasteiger charge is -2.16. The first kappa shape index (κ1) is 13.0. The van der Waals surface area contributed by atoms with Crippen molar-refractivity contribution in [1.82, 2.24) is 9.88 Å². The Labute approximate surface area is 117 Å². The first-order valence-corrected chi connectivity index (χ1v) is 6.92. The Kier molecular flexibility index (Phi) is 3.38. The smallest absolute Gasteiger partial charge is 0.283 e. The molecular weight excluding hydrogens is 255 g/mol. The molecule has 1 fully saturated rings. The molecule has 20 heavy (non-hydrogen) atoms. The molecule has 0 radical (unpaired) electrons. The zero-order chi connectivity index (χ0) is 14.1. The van der Waals surface area contributed by atoms with Crippen LogP contribution in [0.3, 0.4) is 0 Å². The summed E-state index contributed by atoms with van der Waals surface area (Å²) >= 11 is 0. The van der Waals surface area contributed by atoms with E-state index in [-0.39, 0.29) is 5.92 Å². The molecule has 1 aromatic rings. The number of halogens is 1. The van der Waals surface area contributed by atoms with Crippen molar-refractivity contribution in [3.63, 3.8) is 0 Å². The van der Waals surface area contributed by atoms with Crippen LogP contribution in [0.1, 0.15) is 25.3 Å². The van der Waals surface area contributed by atoms with E-state index in [4.69, 9.17) is 0 Å². The maximum Gasteiger partial charge on any atom is 0.283 e. The average Bonchev–Trinajstić information content (AvgIpc) is 3.22. The highest BCUT2D eigenvalue weighted by Gasteiger charge is 2.31. The Hall–Kier alpha value is -1.97. The van der Waals surface area contributed by atoms with E-state index < -0.39 is 11.7 Å². The molecule has 0 atom stereocenters. The van der Waals surface area contributed by atoms with Crippen LogP contribution in [-0.4, -0.2) is 28.9 Å². The van der Waals surface area contributed by atoms with E-state index in [0.29, 0.717) is 18.7 Å². The largest absolute Gasteiger partial charge is 0.329 e. The quantitative estimate of drug-likeness (QED) is 0.793. The van der Waals surface area contributed by atoms with Gasteiger partial charge < -0.3 is 4.90 Å². The van der Waals surface area contributed by atoms with Crippen molar-refractivity contribution >= 4 is 11.5 Å². The molecule has 3 nitrogen and oxygen atoms in total. The molecule has 0 spiro atoms. The number of carbonyl (C=O) groups excluding carboxylic acids is 1. The molecule has 1 amide bonds. The summed E-state index contributed by atoms with van der Waals surface area (Å²) in [5, 5.41) is 0. The number of allylic oxidation sites excluding steroid dienone is 1. The van der Waals surface area contributed by atoms with Crippen LogP contribution in [0.5, 0.6) is 0 Å². The molecule has 1 saturated carbocycles. The van der Waals surface area contributed by atoms with Gasteiger partial charge in [-0.25, -0.2) is 4.39 Å². The topological polar surface area (TPSA) is 33.2 Å². The van der Waals surface area contributed by atoms with Crippen LogP contribution in [0.15, 0.2) is 42.0 Å². The van der Waals surface area contributed by atoms with Crippen LogP contribution >= 0.6 is 0 Å². The second kappa shape index (κ2) is 5.19. The first-order valence-electron chi connectivity index (χ1n) is 6.92. The van der Waals surface area contributed by atoms with Gasteiger partial charge in [-0.05, 0) is 48.5 Å². The fourth-order valence-corrected chi connectivity index (χ4v) is 2.47. The molecule has 1 aromatic heterocycles. The van der Waals surface area contributed by atoms with Gasteiger partial charge in [-0.2, -0.15) is 0 Å². The fourth-order valence-electron chi connectivity index (χ4n) is 2.47. The molecule has 0 bridgehead atoms. The first-order chi connectivity index (χ1) is 9.66. The van der Waals surface area contributed by atoms with Gasteiger partial charge in [-0.3, -0.25) is 9.78 Å². The second-order valence-electron chi connectivity index (χ2n) is 5.43. The summed E-state index contributed by atoms with van der Waals surface area (Å²) in [6, 6.07) is 3.81. The number of amides is 1. The van der Waals surface area contributed by atoms with Crippen molar-refractivity contribution in [3.8, 4) is 0 Å². The van der Waals surface area contributed by atoms with Crippen molar-refractivity contribution in [2.75, 3.05) is 13.1 Å². The maximum atomic E-state index is 14.1. The summed E-state index contributed by atoms with van der Waals surface area (Å²) in [5.41, 5.74) is 2.64. The molecule has 0 saturated heterocycles. The van der Waals surface area contributed by atoms with E-state index in [1.807, 2.05) is 18.2 Å². The summed E-state index contributed by atoms with van der Waals surface area (Å²) in [6.07, 6.45) is 7.46. The van der Waals surface area contributed by atoms with Gasteiger partial charge in [0.15, 0.2) is 5.83 Å². The summed E-state index contributed by atoms with van der Waals surface area (Å²) in [5.74, 6) is -0.759. The second-order valence-corrected chi connectivity index (χ2v) is 5.43. The summed E-state index contributed by atoms with van der Waals surface area (Å²) in [7, 11) is 0. The Balaban J connectivity index is 1.70. The molecule has 1 aliphatic heterocycles. The molecule has 2 heterocycles. The van der Waals surface area contributed by atoms with Gasteiger partial charge >= 0.3 is 0 Å². The van der Waals surface area contributed by atoms with Crippen LogP contribution < -0.4 is 0 Å². The fraction of sp³-hybridized carbons (Fsp3) is 0.375. The summed E-state index contributed by atoms with van der Waals surface area (Å²) < 4.78 is 14.1. The number of aromatic nitrogens is 1. The lowest BCUT2D eigenvalue weighted by molar-refractivity contribution is -0.127. The molecule has 0 aromatic carbocycles. The minimum absolute atomic E-state index is 0.285. The van der Waals surface area contributed by atoms with E-state index in [1.165, 1.54) is 0 Å². The van der Waals surface area contributed by atoms with Crippen LogP contribution in [0.25, 0.3) is 5.57 Å². The Morgan fingerprint density at radius 3 is 2.90 bits per heavy atom. The van der Waals surface area contributed by atoms with Gasteiger partial charge in [-0.1, -0.05) is 12.1 Å². The number of pyridine rings is 1. The third-order valence-electron chi connectivity index (χ3n) is 3.96. The number of nitrogens with zero attached hydrogens (tertiary/aromatic N) is 2. The zero-order valence-electron chi connectivity index (χ0n) is 11.5. The minimum Gasteiger partial charge on any atom is -0.329 e. The maximum absolute atomic E-state index is 14.1. The predicted octanol–water partition coefficient (Wildman–Crippen LogP) is 2.96. The molecule has 3 rings (SSSR count). The Morgan fingerprint density at radius 2 is 2.25 bits per heavy atom. The van der Waals surface area contributed by atoms with Crippen LogP contribution in [0.2, 0.25) is 0 Å². The van der Waals surface area contributed by atoms with Crippen LogP contribution in [0, 0.1) is 5.92 Å². The lowest BCUT2D eigenvalue weighted by Crippen LogP contribution is -2.29. The van der Waals surface area contributed by atoms with Gasteiger partial charge in [0.25, 0.3) is 5.91 Å². The molecule has 2 aliphatic rings. The van der Waals surface area contributed by atoms with E-state index in [2.05, 4.69) is 4.98 Å². The lowest BCUT2D eigenvalue weighted by atomic mass is 10.1. The third-order valence-corrected chi connectivity index (χ3v) is 3.96. The van der Waals surface area contributed by atoms with E-state index in [0.717, 1.165) is 24.0 Å². The van der Waals surface area contributed by atoms with E-state index >= 15 is 0 Å². The van der Waals surface area contributed by atoms with Crippen molar-refractivity contribution in [2.24, 2.45) is 5.92 Å². The van der Waals surface area contributed by atoms with Gasteiger partial charge in [0.2, 0.25) is 0 Å². The number of hydrogen-bond donors (Lipinski definition) is 0. The van der Waals surface area contributed by atoms with Crippen molar-refractivity contribution in [1.29, 1.82) is 0 Å². The molecule has 0 unspecified atom stereocenters. The van der Waals surface area contributed by atoms with Gasteiger partial charge in [0, 0.05) is 25.5 Å². The molecule has 0 N–H and O–H groups in total. The van der Waals surface area contributed by atoms with Gasteiger partial charge in [0.1, 0.15) is 0 Å². The monoisotopic (exact) mass is 272 g/mol. The van der Waals surface area contributed by atoms with Crippen molar-refractivity contribution in [3.05, 3.63) is 47.6 Å². The number of rotatable bonds is 3. The predicted molar refractivity (Wildman–Crippen MR) is 75.3 cm³/mol. The number of carbonyl (C=O) groups is 1. The zero-order valence-corrected chi connectivity index (χ0v) is 11.5. The number of hydrogen-bond acceptors (Lipinski definition) is 2.